The second-order valence-corrected chi connectivity index (χ2v) is 8.44. The Bertz CT molecular complexity index is 1120. The highest BCUT2D eigenvalue weighted by molar-refractivity contribution is 7.18. The molecule has 27 heavy (non-hydrogen) atoms. The van der Waals surface area contributed by atoms with E-state index in [1.165, 1.54) is 40.7 Å². The fourth-order valence-electron chi connectivity index (χ4n) is 4.04. The molecular weight excluding hydrogens is 352 g/mol. The Labute approximate surface area is 162 Å². The Kier molecular flexibility index (Phi) is 4.05. The van der Waals surface area contributed by atoms with E-state index < -0.39 is 0 Å². The molecule has 0 saturated heterocycles. The molecule has 5 heteroatoms. The smallest absolute Gasteiger partial charge is 0.166 e. The number of nitrogens with zero attached hydrogens (tertiary/aromatic N) is 4. The maximum atomic E-state index is 5.02. The van der Waals surface area contributed by atoms with Gasteiger partial charge in [0, 0.05) is 17.0 Å². The van der Waals surface area contributed by atoms with E-state index in [4.69, 9.17) is 15.1 Å². The Morgan fingerprint density at radius 2 is 1.85 bits per heavy atom. The van der Waals surface area contributed by atoms with Gasteiger partial charge in [-0.1, -0.05) is 30.3 Å². The highest BCUT2D eigenvalue weighted by atomic mass is 32.1. The quantitative estimate of drug-likeness (QED) is 0.509. The van der Waals surface area contributed by atoms with Gasteiger partial charge in [-0.05, 0) is 56.7 Å². The number of hydrogen-bond acceptors (Lipinski definition) is 4. The molecule has 136 valence electrons. The van der Waals surface area contributed by atoms with E-state index in [9.17, 15) is 0 Å². The molecule has 0 atom stereocenters. The summed E-state index contributed by atoms with van der Waals surface area (Å²) >= 11 is 1.85. The van der Waals surface area contributed by atoms with Crippen molar-refractivity contribution in [3.63, 3.8) is 0 Å². The van der Waals surface area contributed by atoms with Crippen LogP contribution in [0.3, 0.4) is 0 Å². The molecule has 4 nitrogen and oxygen atoms in total. The lowest BCUT2D eigenvalue weighted by molar-refractivity contribution is 0.699. The monoisotopic (exact) mass is 374 g/mol. The van der Waals surface area contributed by atoms with Crippen LogP contribution >= 0.6 is 11.3 Å². The van der Waals surface area contributed by atoms with Gasteiger partial charge in [-0.2, -0.15) is 5.10 Å². The summed E-state index contributed by atoms with van der Waals surface area (Å²) in [6.07, 6.45) is 5.57. The zero-order valence-corrected chi connectivity index (χ0v) is 16.5. The predicted molar refractivity (Wildman–Crippen MR) is 110 cm³/mol. The van der Waals surface area contributed by atoms with Gasteiger partial charge < -0.3 is 0 Å². The van der Waals surface area contributed by atoms with E-state index in [1.54, 1.807) is 0 Å². The molecule has 0 amide bonds. The fraction of sp³-hybridized carbons (Fsp3) is 0.318. The molecule has 0 unspecified atom stereocenters. The van der Waals surface area contributed by atoms with Crippen LogP contribution in [0.2, 0.25) is 0 Å². The minimum absolute atomic E-state index is 0.742. The van der Waals surface area contributed by atoms with E-state index in [2.05, 4.69) is 37.3 Å². The summed E-state index contributed by atoms with van der Waals surface area (Å²) in [7, 11) is 0. The molecule has 1 aromatic carbocycles. The van der Waals surface area contributed by atoms with Gasteiger partial charge in [0.25, 0.3) is 0 Å². The number of rotatable bonds is 3. The van der Waals surface area contributed by atoms with Gasteiger partial charge >= 0.3 is 0 Å². The van der Waals surface area contributed by atoms with E-state index in [-0.39, 0.29) is 0 Å². The van der Waals surface area contributed by atoms with Crippen molar-refractivity contribution >= 4 is 21.6 Å². The van der Waals surface area contributed by atoms with Crippen LogP contribution in [-0.2, 0) is 19.3 Å². The predicted octanol–water partition coefficient (Wildman–Crippen LogP) is 4.96. The van der Waals surface area contributed by atoms with E-state index in [0.29, 0.717) is 0 Å². The number of benzene rings is 1. The Hall–Kier alpha value is -2.53. The Morgan fingerprint density at radius 1 is 1.04 bits per heavy atom. The van der Waals surface area contributed by atoms with Gasteiger partial charge in [0.1, 0.15) is 10.7 Å². The van der Waals surface area contributed by atoms with Crippen LogP contribution < -0.4 is 0 Å². The third-order valence-electron chi connectivity index (χ3n) is 5.26. The Balaban J connectivity index is 1.73. The third-order valence-corrected chi connectivity index (χ3v) is 6.44. The summed E-state index contributed by atoms with van der Waals surface area (Å²) < 4.78 is 2.01. The minimum Gasteiger partial charge on any atom is -0.221 e. The van der Waals surface area contributed by atoms with Crippen LogP contribution in [0.25, 0.3) is 16.0 Å². The summed E-state index contributed by atoms with van der Waals surface area (Å²) in [5, 5.41) is 5.96. The third kappa shape index (κ3) is 2.96. The van der Waals surface area contributed by atoms with E-state index >= 15 is 0 Å². The van der Waals surface area contributed by atoms with Crippen LogP contribution in [0, 0.1) is 13.8 Å². The maximum absolute atomic E-state index is 5.02. The molecule has 3 aromatic heterocycles. The maximum Gasteiger partial charge on any atom is 0.166 e. The summed E-state index contributed by atoms with van der Waals surface area (Å²) in [6, 6.07) is 12.6. The van der Waals surface area contributed by atoms with Gasteiger partial charge in [-0.15, -0.1) is 11.3 Å². The summed E-state index contributed by atoms with van der Waals surface area (Å²) in [6.45, 7) is 4.14. The lowest BCUT2D eigenvalue weighted by atomic mass is 9.97. The van der Waals surface area contributed by atoms with Gasteiger partial charge in [-0.3, -0.25) is 0 Å². The van der Waals surface area contributed by atoms with Crippen molar-refractivity contribution < 1.29 is 0 Å². The topological polar surface area (TPSA) is 43.6 Å². The number of aryl methyl sites for hydroxylation is 4. The summed E-state index contributed by atoms with van der Waals surface area (Å²) in [5.74, 6) is 1.82. The average molecular weight is 375 g/mol. The SMILES string of the molecule is Cc1cc(C)n(-c2nc(Cc3ccccc3)nc3sc4c(c23)CCCC4)n1. The summed E-state index contributed by atoms with van der Waals surface area (Å²) in [4.78, 5) is 12.6. The number of thiophene rings is 1. The first-order valence-corrected chi connectivity index (χ1v) is 10.4. The molecule has 0 fully saturated rings. The summed E-state index contributed by atoms with van der Waals surface area (Å²) in [5.41, 5.74) is 4.83. The zero-order valence-electron chi connectivity index (χ0n) is 15.7. The largest absolute Gasteiger partial charge is 0.221 e. The molecule has 0 spiro atoms. The van der Waals surface area contributed by atoms with Gasteiger partial charge in [-0.25, -0.2) is 14.6 Å². The first-order chi connectivity index (χ1) is 13.2. The lowest BCUT2D eigenvalue weighted by Gasteiger charge is -2.13. The number of hydrogen-bond donors (Lipinski definition) is 0. The van der Waals surface area contributed by atoms with Crippen molar-refractivity contribution in [1.82, 2.24) is 19.7 Å². The first-order valence-electron chi connectivity index (χ1n) is 9.58. The molecule has 0 aliphatic heterocycles. The van der Waals surface area contributed by atoms with Crippen LogP contribution in [0.15, 0.2) is 36.4 Å². The van der Waals surface area contributed by atoms with E-state index in [1.807, 2.05) is 29.0 Å². The van der Waals surface area contributed by atoms with Gasteiger partial charge in [0.2, 0.25) is 0 Å². The van der Waals surface area contributed by atoms with Gasteiger partial charge in [0.15, 0.2) is 5.82 Å². The van der Waals surface area contributed by atoms with Crippen molar-refractivity contribution in [2.24, 2.45) is 0 Å². The molecule has 0 bridgehead atoms. The molecule has 4 aromatic rings. The molecule has 0 saturated carbocycles. The van der Waals surface area contributed by atoms with Crippen molar-refractivity contribution in [3.05, 3.63) is 69.6 Å². The van der Waals surface area contributed by atoms with Crippen molar-refractivity contribution in [3.8, 4) is 5.82 Å². The number of fused-ring (bicyclic) bond motifs is 3. The Morgan fingerprint density at radius 3 is 2.63 bits per heavy atom. The van der Waals surface area contributed by atoms with E-state index in [0.717, 1.165) is 40.7 Å². The first kappa shape index (κ1) is 16.6. The fourth-order valence-corrected chi connectivity index (χ4v) is 5.31. The van der Waals surface area contributed by atoms with Crippen LogP contribution in [0.4, 0.5) is 0 Å². The highest BCUT2D eigenvalue weighted by Gasteiger charge is 2.23. The van der Waals surface area contributed by atoms with Crippen LogP contribution in [-0.4, -0.2) is 19.7 Å². The van der Waals surface area contributed by atoms with Crippen LogP contribution in [0.5, 0.6) is 0 Å². The molecule has 1 aliphatic carbocycles. The highest BCUT2D eigenvalue weighted by Crippen LogP contribution is 2.38. The standard InChI is InChI=1S/C22H22N4S/c1-14-12-15(2)26(25-14)21-20-17-10-6-7-11-18(17)27-22(20)24-19(23-21)13-16-8-4-3-5-9-16/h3-5,8-9,12H,6-7,10-11,13H2,1-2H3. The molecule has 3 heterocycles. The van der Waals surface area contributed by atoms with Gasteiger partial charge in [0.05, 0.1) is 11.1 Å². The molecule has 0 N–H and O–H groups in total. The molecule has 0 radical (unpaired) electrons. The molecule has 1 aliphatic rings. The minimum atomic E-state index is 0.742. The van der Waals surface area contributed by atoms with Crippen LogP contribution in [0.1, 0.15) is 46.1 Å². The average Bonchev–Trinajstić information content (AvgIpc) is 3.21. The number of aromatic nitrogens is 4. The van der Waals surface area contributed by atoms with Crippen molar-refractivity contribution in [2.45, 2.75) is 46.0 Å². The normalized spacial score (nSPS) is 13.9. The molecular formula is C22H22N4S. The second-order valence-electron chi connectivity index (χ2n) is 7.36. The molecule has 5 rings (SSSR count). The van der Waals surface area contributed by atoms with Crippen molar-refractivity contribution in [1.29, 1.82) is 0 Å². The second kappa shape index (κ2) is 6.57. The lowest BCUT2D eigenvalue weighted by Crippen LogP contribution is -2.08. The van der Waals surface area contributed by atoms with Crippen molar-refractivity contribution in [2.75, 3.05) is 0 Å². The zero-order chi connectivity index (χ0) is 18.4.